The van der Waals surface area contributed by atoms with Gasteiger partial charge in [-0.15, -0.1) is 0 Å². The number of hydrogen-bond acceptors (Lipinski definition) is 6. The van der Waals surface area contributed by atoms with Crippen LogP contribution in [0.15, 0.2) is 52.1 Å². The maximum atomic E-state index is 13.4. The predicted octanol–water partition coefficient (Wildman–Crippen LogP) is 4.60. The Kier molecular flexibility index (Phi) is 5.99. The van der Waals surface area contributed by atoms with Gasteiger partial charge in [-0.25, -0.2) is 9.97 Å². The minimum absolute atomic E-state index is 0.00604. The SMILES string of the molecule is CC1Cc2c([nH]c(=S)n(-c3cnc4nccnc4c3)c2=O)CN1C(=O)c1ccc(Br)c(C(F)(F)F)c1. The second kappa shape index (κ2) is 8.89. The quantitative estimate of drug-likeness (QED) is 0.350. The summed E-state index contributed by atoms with van der Waals surface area (Å²) < 4.78 is 41.3. The first kappa shape index (κ1) is 24.3. The predicted molar refractivity (Wildman–Crippen MR) is 130 cm³/mol. The van der Waals surface area contributed by atoms with E-state index < -0.39 is 23.7 Å². The summed E-state index contributed by atoms with van der Waals surface area (Å²) in [4.78, 5) is 43.6. The highest BCUT2D eigenvalue weighted by Gasteiger charge is 2.35. The van der Waals surface area contributed by atoms with E-state index in [1.807, 2.05) is 0 Å². The molecule has 36 heavy (non-hydrogen) atoms. The van der Waals surface area contributed by atoms with E-state index in [1.165, 1.54) is 40.2 Å². The molecular weight excluding hydrogens is 561 g/mol. The summed E-state index contributed by atoms with van der Waals surface area (Å²) in [5.74, 6) is -0.577. The first-order valence-electron chi connectivity index (χ1n) is 10.7. The molecule has 0 saturated heterocycles. The molecule has 0 bridgehead atoms. The maximum absolute atomic E-state index is 13.4. The van der Waals surface area contributed by atoms with Crippen molar-refractivity contribution in [2.45, 2.75) is 32.1 Å². The zero-order valence-corrected chi connectivity index (χ0v) is 20.9. The van der Waals surface area contributed by atoms with Gasteiger partial charge in [-0.3, -0.25) is 19.1 Å². The van der Waals surface area contributed by atoms with Crippen molar-refractivity contribution < 1.29 is 18.0 Å². The van der Waals surface area contributed by atoms with Gasteiger partial charge in [0.1, 0.15) is 5.52 Å². The van der Waals surface area contributed by atoms with Gasteiger partial charge >= 0.3 is 6.18 Å². The average molecular weight is 577 g/mol. The summed E-state index contributed by atoms with van der Waals surface area (Å²) >= 11 is 8.33. The van der Waals surface area contributed by atoms with Gasteiger partial charge in [-0.1, -0.05) is 15.9 Å². The molecule has 1 unspecified atom stereocenters. The second-order valence-electron chi connectivity index (χ2n) is 8.30. The molecule has 1 aliphatic heterocycles. The number of nitrogens with zero attached hydrogens (tertiary/aromatic N) is 5. The topological polar surface area (TPSA) is 96.8 Å². The van der Waals surface area contributed by atoms with Crippen molar-refractivity contribution in [1.29, 1.82) is 0 Å². The fraction of sp³-hybridized carbons (Fsp3) is 0.217. The van der Waals surface area contributed by atoms with E-state index in [0.29, 0.717) is 28.1 Å². The molecule has 1 atom stereocenters. The lowest BCUT2D eigenvalue weighted by Crippen LogP contribution is -2.45. The van der Waals surface area contributed by atoms with Crippen molar-refractivity contribution in [3.63, 3.8) is 0 Å². The van der Waals surface area contributed by atoms with Crippen LogP contribution < -0.4 is 5.56 Å². The number of amides is 1. The highest BCUT2D eigenvalue weighted by molar-refractivity contribution is 9.10. The highest BCUT2D eigenvalue weighted by atomic mass is 79.9. The number of hydrogen-bond donors (Lipinski definition) is 1. The van der Waals surface area contributed by atoms with E-state index >= 15 is 0 Å². The van der Waals surface area contributed by atoms with Crippen molar-refractivity contribution in [2.24, 2.45) is 0 Å². The first-order chi connectivity index (χ1) is 17.0. The van der Waals surface area contributed by atoms with Crippen molar-refractivity contribution in [3.05, 3.63) is 84.8 Å². The number of halogens is 4. The lowest BCUT2D eigenvalue weighted by atomic mass is 9.98. The Hall–Kier alpha value is -3.45. The molecule has 1 amide bonds. The number of carbonyl (C=O) groups is 1. The van der Waals surface area contributed by atoms with Gasteiger partial charge < -0.3 is 9.88 Å². The summed E-state index contributed by atoms with van der Waals surface area (Å²) in [6, 6.07) is 4.56. The minimum atomic E-state index is -4.62. The number of carbonyl (C=O) groups excluding carboxylic acids is 1. The van der Waals surface area contributed by atoms with Crippen LogP contribution in [0.5, 0.6) is 0 Å². The molecule has 5 rings (SSSR count). The minimum Gasteiger partial charge on any atom is -0.333 e. The maximum Gasteiger partial charge on any atom is 0.417 e. The van der Waals surface area contributed by atoms with Gasteiger partial charge in [0.2, 0.25) is 0 Å². The van der Waals surface area contributed by atoms with Gasteiger partial charge in [-0.2, -0.15) is 13.2 Å². The van der Waals surface area contributed by atoms with Crippen LogP contribution in [0.2, 0.25) is 0 Å². The summed E-state index contributed by atoms with van der Waals surface area (Å²) in [5.41, 5.74) is 0.808. The fourth-order valence-electron chi connectivity index (χ4n) is 4.21. The van der Waals surface area contributed by atoms with Gasteiger partial charge in [0.25, 0.3) is 11.5 Å². The largest absolute Gasteiger partial charge is 0.417 e. The lowest BCUT2D eigenvalue weighted by Gasteiger charge is -2.34. The molecule has 3 aromatic heterocycles. The number of H-pyrrole nitrogens is 1. The van der Waals surface area contributed by atoms with Crippen LogP contribution in [-0.2, 0) is 19.1 Å². The third kappa shape index (κ3) is 4.22. The van der Waals surface area contributed by atoms with E-state index in [1.54, 1.807) is 13.0 Å². The van der Waals surface area contributed by atoms with Crippen molar-refractivity contribution >= 4 is 45.2 Å². The monoisotopic (exact) mass is 576 g/mol. The molecule has 1 N–H and O–H groups in total. The van der Waals surface area contributed by atoms with Crippen molar-refractivity contribution in [1.82, 2.24) is 29.4 Å². The molecular formula is C23H16BrF3N6O2S. The van der Waals surface area contributed by atoms with Crippen LogP contribution in [0.25, 0.3) is 16.9 Å². The lowest BCUT2D eigenvalue weighted by molar-refractivity contribution is -0.138. The number of aromatic nitrogens is 5. The van der Waals surface area contributed by atoms with E-state index in [-0.39, 0.29) is 33.3 Å². The summed E-state index contributed by atoms with van der Waals surface area (Å²) in [5, 5.41) is 0. The van der Waals surface area contributed by atoms with Gasteiger partial charge in [-0.05, 0) is 49.8 Å². The van der Waals surface area contributed by atoms with E-state index in [9.17, 15) is 22.8 Å². The van der Waals surface area contributed by atoms with Crippen LogP contribution in [0.4, 0.5) is 13.2 Å². The van der Waals surface area contributed by atoms with Crippen molar-refractivity contribution in [2.75, 3.05) is 0 Å². The van der Waals surface area contributed by atoms with Crippen LogP contribution in [0.1, 0.15) is 34.1 Å². The van der Waals surface area contributed by atoms with Crippen LogP contribution in [0, 0.1) is 4.77 Å². The van der Waals surface area contributed by atoms with E-state index in [0.717, 1.165) is 6.07 Å². The highest BCUT2D eigenvalue weighted by Crippen LogP contribution is 2.36. The molecule has 0 aliphatic carbocycles. The number of alkyl halides is 3. The number of fused-ring (bicyclic) bond motifs is 2. The number of aromatic amines is 1. The zero-order valence-electron chi connectivity index (χ0n) is 18.5. The molecule has 184 valence electrons. The molecule has 4 heterocycles. The molecule has 8 nitrogen and oxygen atoms in total. The average Bonchev–Trinajstić information content (AvgIpc) is 2.83. The number of rotatable bonds is 2. The third-order valence-corrected chi connectivity index (χ3v) is 6.97. The second-order valence-corrected chi connectivity index (χ2v) is 9.54. The van der Waals surface area contributed by atoms with Crippen molar-refractivity contribution in [3.8, 4) is 5.69 Å². The molecule has 0 spiro atoms. The first-order valence-corrected chi connectivity index (χ1v) is 11.9. The molecule has 13 heteroatoms. The molecule has 1 aromatic carbocycles. The Morgan fingerprint density at radius 3 is 2.69 bits per heavy atom. The zero-order chi connectivity index (χ0) is 25.8. The van der Waals surface area contributed by atoms with Crippen LogP contribution >= 0.6 is 28.1 Å². The number of pyridine rings is 1. The Morgan fingerprint density at radius 1 is 1.19 bits per heavy atom. The molecule has 0 radical (unpaired) electrons. The normalized spacial score (nSPS) is 15.7. The van der Waals surface area contributed by atoms with E-state index in [2.05, 4.69) is 35.9 Å². The molecule has 0 saturated carbocycles. The van der Waals surface area contributed by atoms with Crippen LogP contribution in [-0.4, -0.2) is 41.4 Å². The fourth-order valence-corrected chi connectivity index (χ4v) is 4.99. The molecule has 0 fully saturated rings. The Morgan fingerprint density at radius 2 is 1.94 bits per heavy atom. The molecule has 1 aliphatic rings. The van der Waals surface area contributed by atoms with Crippen LogP contribution in [0.3, 0.4) is 0 Å². The Bertz CT molecular complexity index is 1650. The van der Waals surface area contributed by atoms with Gasteiger partial charge in [0.05, 0.1) is 24.0 Å². The van der Waals surface area contributed by atoms with Gasteiger partial charge in [0, 0.05) is 39.7 Å². The number of nitrogens with one attached hydrogen (secondary N) is 1. The third-order valence-electron chi connectivity index (χ3n) is 5.99. The van der Waals surface area contributed by atoms with Gasteiger partial charge in [0.15, 0.2) is 10.4 Å². The standard InChI is InChI=1S/C23H16BrF3N6O2S/c1-11-6-14-18(10-32(11)20(34)12-2-3-16(24)15(7-12)23(25,26)27)31-22(36)33(21(14)35)13-8-17-19(30-9-13)29-5-4-28-17/h2-5,7-9,11H,6,10H2,1H3,(H,31,36). The molecule has 4 aromatic rings. The Labute approximate surface area is 215 Å². The summed E-state index contributed by atoms with van der Waals surface area (Å²) in [6.45, 7) is 1.73. The summed E-state index contributed by atoms with van der Waals surface area (Å²) in [6.07, 6.45) is 0.0752. The summed E-state index contributed by atoms with van der Waals surface area (Å²) in [7, 11) is 0. The Balaban J connectivity index is 1.52. The number of benzene rings is 1. The smallest absolute Gasteiger partial charge is 0.333 e. The van der Waals surface area contributed by atoms with E-state index in [4.69, 9.17) is 12.2 Å².